The van der Waals surface area contributed by atoms with Crippen molar-refractivity contribution in [1.29, 1.82) is 0 Å². The summed E-state index contributed by atoms with van der Waals surface area (Å²) >= 11 is 0. The van der Waals surface area contributed by atoms with Crippen molar-refractivity contribution in [3.63, 3.8) is 0 Å². The first kappa shape index (κ1) is 24.5. The lowest BCUT2D eigenvalue weighted by molar-refractivity contribution is -0.140. The van der Waals surface area contributed by atoms with Crippen molar-refractivity contribution in [3.05, 3.63) is 59.0 Å². The van der Waals surface area contributed by atoms with Crippen LogP contribution < -0.4 is 10.2 Å². The van der Waals surface area contributed by atoms with E-state index in [1.54, 1.807) is 0 Å². The number of carbonyl (C=O) groups excluding carboxylic acids is 1. The second-order valence-electron chi connectivity index (χ2n) is 9.83. The zero-order chi connectivity index (χ0) is 25.3. The fourth-order valence-corrected chi connectivity index (χ4v) is 5.72. The topological polar surface area (TPSA) is 74.2 Å². The maximum atomic E-state index is 13.2. The number of fused-ring (bicyclic) bond motifs is 2. The Labute approximate surface area is 207 Å². The molecule has 3 fully saturated rings. The zero-order valence-electron chi connectivity index (χ0n) is 19.8. The van der Waals surface area contributed by atoms with Crippen LogP contribution in [0.3, 0.4) is 0 Å². The van der Waals surface area contributed by atoms with Crippen molar-refractivity contribution in [3.8, 4) is 0 Å². The normalized spacial score (nSPS) is 25.8. The Morgan fingerprint density at radius 2 is 1.78 bits per heavy atom. The highest BCUT2D eigenvalue weighted by Crippen LogP contribution is 2.38. The van der Waals surface area contributed by atoms with E-state index >= 15 is 0 Å². The van der Waals surface area contributed by atoms with Gasteiger partial charge in [-0.1, -0.05) is 18.2 Å². The number of likely N-dealkylation sites (tertiary alicyclic amines) is 1. The van der Waals surface area contributed by atoms with Gasteiger partial charge in [0.05, 0.1) is 17.7 Å². The summed E-state index contributed by atoms with van der Waals surface area (Å²) in [6.45, 7) is 1.63. The fourth-order valence-electron chi connectivity index (χ4n) is 5.72. The standard InChI is InChI=1S/C26H29F3N4O3/c27-26(28,29)23-12-18(8-11-24(23)31-35)30-17-6-9-22(10-7-17)36-16-25(34)33-15-20-13-21(33)14-32(20)19-4-2-1-3-5-19/h1-5,8,11-12,17,20-22,30H,6-7,9-10,13-16H2. The molecule has 2 unspecified atom stereocenters. The largest absolute Gasteiger partial charge is 0.418 e. The van der Waals surface area contributed by atoms with E-state index in [1.165, 1.54) is 11.8 Å². The summed E-state index contributed by atoms with van der Waals surface area (Å²) in [4.78, 5) is 27.9. The molecule has 192 valence electrons. The molecular weight excluding hydrogens is 473 g/mol. The molecule has 1 amide bonds. The molecule has 0 radical (unpaired) electrons. The molecule has 2 atom stereocenters. The molecule has 2 bridgehead atoms. The smallest absolute Gasteiger partial charge is 0.382 e. The van der Waals surface area contributed by atoms with Crippen LogP contribution >= 0.6 is 0 Å². The Morgan fingerprint density at radius 3 is 2.42 bits per heavy atom. The van der Waals surface area contributed by atoms with Gasteiger partial charge in [-0.2, -0.15) is 13.2 Å². The van der Waals surface area contributed by atoms with Crippen LogP contribution in [0.4, 0.5) is 30.2 Å². The van der Waals surface area contributed by atoms with Gasteiger partial charge in [0, 0.05) is 36.5 Å². The molecule has 1 N–H and O–H groups in total. The van der Waals surface area contributed by atoms with Gasteiger partial charge in [0.1, 0.15) is 12.3 Å². The maximum Gasteiger partial charge on any atom is 0.418 e. The average Bonchev–Trinajstić information content (AvgIpc) is 3.50. The number of halogens is 3. The number of piperazine rings is 1. The number of para-hydroxylation sites is 1. The molecule has 2 aliphatic heterocycles. The number of amides is 1. The lowest BCUT2D eigenvalue weighted by Crippen LogP contribution is -2.50. The van der Waals surface area contributed by atoms with Gasteiger partial charge in [-0.05, 0) is 67.6 Å². The molecule has 1 saturated carbocycles. The second kappa shape index (κ2) is 10.1. The highest BCUT2D eigenvalue weighted by atomic mass is 19.4. The molecule has 0 spiro atoms. The van der Waals surface area contributed by atoms with Crippen LogP contribution in [0, 0.1) is 4.91 Å². The van der Waals surface area contributed by atoms with E-state index in [-0.39, 0.29) is 30.7 Å². The number of hydrogen-bond donors (Lipinski definition) is 1. The van der Waals surface area contributed by atoms with Crippen LogP contribution in [-0.4, -0.2) is 54.7 Å². The number of alkyl halides is 3. The van der Waals surface area contributed by atoms with Gasteiger partial charge >= 0.3 is 6.18 Å². The van der Waals surface area contributed by atoms with Gasteiger partial charge in [0.25, 0.3) is 0 Å². The lowest BCUT2D eigenvalue weighted by Gasteiger charge is -2.36. The highest BCUT2D eigenvalue weighted by molar-refractivity contribution is 5.79. The van der Waals surface area contributed by atoms with Crippen LogP contribution in [0.15, 0.2) is 53.7 Å². The van der Waals surface area contributed by atoms with Crippen molar-refractivity contribution in [2.45, 2.75) is 62.5 Å². The molecule has 10 heteroatoms. The minimum absolute atomic E-state index is 0.00467. The van der Waals surface area contributed by atoms with Crippen molar-refractivity contribution in [2.75, 3.05) is 29.9 Å². The van der Waals surface area contributed by atoms with Crippen LogP contribution in [0.1, 0.15) is 37.7 Å². The van der Waals surface area contributed by atoms with E-state index < -0.39 is 17.4 Å². The quantitative estimate of drug-likeness (QED) is 0.518. The Kier molecular flexibility index (Phi) is 6.87. The van der Waals surface area contributed by atoms with Crippen molar-refractivity contribution in [1.82, 2.24) is 4.90 Å². The van der Waals surface area contributed by atoms with Gasteiger partial charge in [-0.3, -0.25) is 4.79 Å². The minimum Gasteiger partial charge on any atom is -0.382 e. The zero-order valence-corrected chi connectivity index (χ0v) is 19.8. The van der Waals surface area contributed by atoms with Gasteiger partial charge < -0.3 is 19.9 Å². The van der Waals surface area contributed by atoms with Crippen molar-refractivity contribution < 1.29 is 22.7 Å². The summed E-state index contributed by atoms with van der Waals surface area (Å²) in [6, 6.07) is 14.3. The SMILES string of the molecule is O=Nc1ccc(NC2CCC(OCC(=O)N3CC4CC3CN4c3ccccc3)CC2)cc1C(F)(F)F. The monoisotopic (exact) mass is 502 g/mol. The Morgan fingerprint density at radius 1 is 1.03 bits per heavy atom. The van der Waals surface area contributed by atoms with E-state index in [9.17, 15) is 22.9 Å². The van der Waals surface area contributed by atoms with E-state index in [0.29, 0.717) is 24.6 Å². The number of rotatable bonds is 7. The number of benzene rings is 2. The third-order valence-corrected chi connectivity index (χ3v) is 7.54. The molecule has 36 heavy (non-hydrogen) atoms. The Bertz CT molecular complexity index is 1090. The molecule has 2 heterocycles. The fraction of sp³-hybridized carbons (Fsp3) is 0.500. The van der Waals surface area contributed by atoms with Gasteiger partial charge in [0.15, 0.2) is 0 Å². The van der Waals surface area contributed by atoms with E-state index in [0.717, 1.165) is 44.5 Å². The first-order chi connectivity index (χ1) is 17.3. The van der Waals surface area contributed by atoms with E-state index in [1.807, 2.05) is 23.1 Å². The minimum atomic E-state index is -4.65. The molecule has 7 nitrogen and oxygen atoms in total. The summed E-state index contributed by atoms with van der Waals surface area (Å²) in [7, 11) is 0. The van der Waals surface area contributed by atoms with Gasteiger partial charge in [-0.15, -0.1) is 4.91 Å². The molecule has 2 aromatic rings. The third kappa shape index (κ3) is 5.18. The number of hydrogen-bond acceptors (Lipinski definition) is 6. The first-order valence-corrected chi connectivity index (χ1v) is 12.4. The highest BCUT2D eigenvalue weighted by Gasteiger charge is 2.45. The summed E-state index contributed by atoms with van der Waals surface area (Å²) in [5.74, 6) is 0.0269. The van der Waals surface area contributed by atoms with Crippen LogP contribution in [0.5, 0.6) is 0 Å². The number of nitrogens with one attached hydrogen (secondary N) is 1. The number of nitrogens with zero attached hydrogens (tertiary/aromatic N) is 3. The van der Waals surface area contributed by atoms with Gasteiger partial charge in [-0.25, -0.2) is 0 Å². The predicted octanol–water partition coefficient (Wildman–Crippen LogP) is 5.33. The van der Waals surface area contributed by atoms with Crippen LogP contribution in [0.25, 0.3) is 0 Å². The summed E-state index contributed by atoms with van der Waals surface area (Å²) in [6.07, 6.45) is -0.828. The molecule has 3 aliphatic rings. The van der Waals surface area contributed by atoms with Crippen molar-refractivity contribution in [2.24, 2.45) is 5.18 Å². The number of anilines is 2. The molecule has 0 aromatic heterocycles. The van der Waals surface area contributed by atoms with E-state index in [2.05, 4.69) is 27.5 Å². The molecule has 2 aromatic carbocycles. The number of carbonyl (C=O) groups is 1. The Balaban J connectivity index is 1.07. The first-order valence-electron chi connectivity index (χ1n) is 12.4. The van der Waals surface area contributed by atoms with Crippen molar-refractivity contribution >= 4 is 23.0 Å². The van der Waals surface area contributed by atoms with Gasteiger partial charge in [0.2, 0.25) is 5.91 Å². The second-order valence-corrected chi connectivity index (χ2v) is 9.83. The summed E-state index contributed by atoms with van der Waals surface area (Å²) < 4.78 is 45.5. The average molecular weight is 503 g/mol. The molecule has 1 aliphatic carbocycles. The summed E-state index contributed by atoms with van der Waals surface area (Å²) in [5.41, 5.74) is -0.151. The summed E-state index contributed by atoms with van der Waals surface area (Å²) in [5, 5.41) is 5.61. The maximum absolute atomic E-state index is 13.2. The number of ether oxygens (including phenoxy) is 1. The number of nitroso groups, excluding NO2 is 1. The van der Waals surface area contributed by atoms with E-state index in [4.69, 9.17) is 4.74 Å². The van der Waals surface area contributed by atoms with Crippen LogP contribution in [0.2, 0.25) is 0 Å². The lowest BCUT2D eigenvalue weighted by atomic mass is 9.92. The van der Waals surface area contributed by atoms with Crippen LogP contribution in [-0.2, 0) is 15.7 Å². The Hall–Kier alpha value is -3.14. The predicted molar refractivity (Wildman–Crippen MR) is 130 cm³/mol. The molecular formula is C26H29F3N4O3. The third-order valence-electron chi connectivity index (χ3n) is 7.54. The molecule has 2 saturated heterocycles. The molecule has 5 rings (SSSR count).